The number of para-hydroxylation sites is 1. The number of rotatable bonds is 0. The van der Waals surface area contributed by atoms with Gasteiger partial charge in [-0.2, -0.15) is 0 Å². The fourth-order valence-corrected chi connectivity index (χ4v) is 2.85. The zero-order valence-corrected chi connectivity index (χ0v) is 11.3. The molecule has 2 aromatic rings. The number of nitrogens with zero attached hydrogens (tertiary/aromatic N) is 2. The van der Waals surface area contributed by atoms with Crippen molar-refractivity contribution in [2.75, 3.05) is 0 Å². The molecule has 0 bridgehead atoms. The average Bonchev–Trinajstić information content (AvgIpc) is 2.85. The van der Waals surface area contributed by atoms with Crippen LogP contribution in [-0.2, 0) is 17.9 Å². The second kappa shape index (κ2) is 3.50. The molecule has 19 heavy (non-hydrogen) atoms. The fraction of sp³-hybridized carbons (Fsp3) is 0.471. The van der Waals surface area contributed by atoms with E-state index in [1.807, 2.05) is 0 Å². The van der Waals surface area contributed by atoms with E-state index in [4.69, 9.17) is 12.3 Å². The van der Waals surface area contributed by atoms with E-state index < -0.39 is 31.4 Å². The first kappa shape index (κ1) is 5.82. The molecule has 2 heterocycles. The molecule has 2 heteroatoms. The maximum atomic E-state index is 8.31. The van der Waals surface area contributed by atoms with Gasteiger partial charge in [0.25, 0.3) is 0 Å². The van der Waals surface area contributed by atoms with Gasteiger partial charge in [0.05, 0.1) is 5.69 Å². The number of hydrogen-bond acceptors (Lipinski definition) is 0. The van der Waals surface area contributed by atoms with Gasteiger partial charge in [0.2, 0.25) is 0 Å². The standard InChI is InChI=1S/C17H23N2/c1-12-8-7-9-13-15(12)19-14(10-11-18(19)6)17(4,5)16(13,2)3/h7-11H,1-6H3/q+1/i2D3,4D3,5D3. The molecule has 0 N–H and O–H groups in total. The molecule has 1 atom stereocenters. The van der Waals surface area contributed by atoms with E-state index in [0.29, 0.717) is 5.69 Å². The lowest BCUT2D eigenvalue weighted by Crippen LogP contribution is -2.51. The molecule has 0 radical (unpaired) electrons. The molecule has 0 amide bonds. The van der Waals surface area contributed by atoms with Crippen molar-refractivity contribution >= 4 is 0 Å². The van der Waals surface area contributed by atoms with E-state index in [2.05, 4.69) is 0 Å². The summed E-state index contributed by atoms with van der Waals surface area (Å²) in [5, 5.41) is 0. The predicted molar refractivity (Wildman–Crippen MR) is 77.7 cm³/mol. The molecule has 1 unspecified atom stereocenters. The normalized spacial score (nSPS) is 32.9. The van der Waals surface area contributed by atoms with Gasteiger partial charge < -0.3 is 0 Å². The quantitative estimate of drug-likeness (QED) is 0.646. The van der Waals surface area contributed by atoms with E-state index in [1.165, 1.54) is 23.7 Å². The minimum Gasteiger partial charge on any atom is -0.124 e. The van der Waals surface area contributed by atoms with Crippen molar-refractivity contribution in [3.05, 3.63) is 47.3 Å². The van der Waals surface area contributed by atoms with Crippen LogP contribution in [0, 0.1) is 6.92 Å². The highest BCUT2D eigenvalue weighted by molar-refractivity contribution is 5.56. The Morgan fingerprint density at radius 3 is 2.58 bits per heavy atom. The number of aromatic nitrogens is 2. The molecule has 0 aliphatic carbocycles. The molecule has 1 aromatic carbocycles. The summed E-state index contributed by atoms with van der Waals surface area (Å²) in [5.74, 6) is 0. The lowest BCUT2D eigenvalue weighted by Gasteiger charge is -2.46. The largest absolute Gasteiger partial charge is 0.196 e. The number of hydrogen-bond donors (Lipinski definition) is 0. The van der Waals surface area contributed by atoms with Crippen molar-refractivity contribution in [3.8, 4) is 5.69 Å². The molecule has 0 saturated heterocycles. The van der Waals surface area contributed by atoms with Crippen LogP contribution in [0.15, 0.2) is 30.5 Å². The first-order chi connectivity index (χ1) is 12.5. The van der Waals surface area contributed by atoms with Crippen LogP contribution in [0.4, 0.5) is 0 Å². The third-order valence-electron chi connectivity index (χ3n) is 4.11. The summed E-state index contributed by atoms with van der Waals surface area (Å²) in [6.07, 6.45) is 1.56. The molecule has 1 aromatic heterocycles. The molecule has 0 spiro atoms. The minimum absolute atomic E-state index is 0.0459. The van der Waals surface area contributed by atoms with Crippen molar-refractivity contribution in [1.29, 1.82) is 0 Å². The Hall–Kier alpha value is -1.57. The number of aryl methyl sites for hydroxylation is 2. The Morgan fingerprint density at radius 1 is 1.16 bits per heavy atom. The summed E-state index contributed by atoms with van der Waals surface area (Å²) in [6.45, 7) is -6.09. The molecule has 1 aliphatic rings. The van der Waals surface area contributed by atoms with Gasteiger partial charge in [0, 0.05) is 29.2 Å². The number of benzene rings is 1. The summed E-state index contributed by atoms with van der Waals surface area (Å²) in [6, 6.07) is 6.37. The van der Waals surface area contributed by atoms with Crippen LogP contribution >= 0.6 is 0 Å². The minimum atomic E-state index is -3.12. The lowest BCUT2D eigenvalue weighted by atomic mass is 9.60. The van der Waals surface area contributed by atoms with Gasteiger partial charge in [0.1, 0.15) is 5.69 Å². The highest BCUT2D eigenvalue weighted by Gasteiger charge is 2.49. The maximum absolute atomic E-state index is 8.31. The molecule has 3 rings (SSSR count). The Kier molecular flexibility index (Phi) is 1.07. The summed E-state index contributed by atoms with van der Waals surface area (Å²) in [5.41, 5.74) is -3.44. The molecule has 2 nitrogen and oxygen atoms in total. The van der Waals surface area contributed by atoms with Crippen LogP contribution in [0.2, 0.25) is 0 Å². The van der Waals surface area contributed by atoms with E-state index >= 15 is 0 Å². The van der Waals surface area contributed by atoms with Crippen molar-refractivity contribution < 1.29 is 17.0 Å². The van der Waals surface area contributed by atoms with E-state index in [-0.39, 0.29) is 11.3 Å². The number of fused-ring (bicyclic) bond motifs is 3. The monoisotopic (exact) mass is 264 g/mol. The second-order valence-electron chi connectivity index (χ2n) is 5.43. The Morgan fingerprint density at radius 2 is 1.89 bits per heavy atom. The van der Waals surface area contributed by atoms with Gasteiger partial charge in [-0.3, -0.25) is 0 Å². The van der Waals surface area contributed by atoms with Gasteiger partial charge in [-0.25, -0.2) is 0 Å². The summed E-state index contributed by atoms with van der Waals surface area (Å²) in [7, 11) is 1.67. The second-order valence-corrected chi connectivity index (χ2v) is 5.43. The van der Waals surface area contributed by atoms with Crippen molar-refractivity contribution in [1.82, 2.24) is 4.68 Å². The van der Waals surface area contributed by atoms with Crippen molar-refractivity contribution in [2.24, 2.45) is 7.05 Å². The Labute approximate surface area is 128 Å². The van der Waals surface area contributed by atoms with Crippen LogP contribution in [0.3, 0.4) is 0 Å². The molecule has 0 saturated carbocycles. The van der Waals surface area contributed by atoms with Crippen molar-refractivity contribution in [2.45, 2.75) is 45.2 Å². The molecule has 0 fully saturated rings. The van der Waals surface area contributed by atoms with Crippen LogP contribution in [-0.4, -0.2) is 4.68 Å². The Bertz CT molecular complexity index is 920. The topological polar surface area (TPSA) is 8.81 Å². The van der Waals surface area contributed by atoms with E-state index in [0.717, 1.165) is 5.56 Å². The summed E-state index contributed by atoms with van der Waals surface area (Å²) >= 11 is 0. The van der Waals surface area contributed by atoms with E-state index in [1.54, 1.807) is 37.0 Å². The third-order valence-corrected chi connectivity index (χ3v) is 4.11. The van der Waals surface area contributed by atoms with Crippen LogP contribution < -0.4 is 4.68 Å². The van der Waals surface area contributed by atoms with Crippen molar-refractivity contribution in [3.63, 3.8) is 0 Å². The highest BCUT2D eigenvalue weighted by atomic mass is 15.4. The summed E-state index contributed by atoms with van der Waals surface area (Å²) in [4.78, 5) is 0. The highest BCUT2D eigenvalue weighted by Crippen LogP contribution is 2.49. The lowest BCUT2D eigenvalue weighted by molar-refractivity contribution is -0.745. The molecule has 1 aliphatic heterocycles. The first-order valence-electron chi connectivity index (χ1n) is 10.7. The van der Waals surface area contributed by atoms with Crippen LogP contribution in [0.5, 0.6) is 0 Å². The third kappa shape index (κ3) is 1.35. The average molecular weight is 264 g/mol. The predicted octanol–water partition coefficient (Wildman–Crippen LogP) is 3.18. The van der Waals surface area contributed by atoms with Crippen LogP contribution in [0.25, 0.3) is 5.69 Å². The molecule has 100 valence electrons. The van der Waals surface area contributed by atoms with E-state index in [9.17, 15) is 0 Å². The summed E-state index contributed by atoms with van der Waals surface area (Å²) < 4.78 is 77.8. The Balaban J connectivity index is 2.70. The van der Waals surface area contributed by atoms with Gasteiger partial charge in [-0.05, 0) is 18.1 Å². The fourth-order valence-electron chi connectivity index (χ4n) is 2.85. The van der Waals surface area contributed by atoms with Gasteiger partial charge in [-0.15, -0.1) is 9.36 Å². The maximum Gasteiger partial charge on any atom is 0.196 e. The molecular weight excluding hydrogens is 232 g/mol. The van der Waals surface area contributed by atoms with Crippen LogP contribution in [0.1, 0.15) is 56.6 Å². The van der Waals surface area contributed by atoms with Gasteiger partial charge >= 0.3 is 0 Å². The zero-order valence-electron chi connectivity index (χ0n) is 20.3. The SMILES string of the molecule is [2H]C([2H])([2H])C1(C)c2cccc(C)c2-n2c(cc[n+]2C)C1(C([2H])([2H])[2H])C([2H])([2H])[2H]. The zero-order chi connectivity index (χ0) is 21.5. The first-order valence-corrected chi connectivity index (χ1v) is 6.22. The van der Waals surface area contributed by atoms with Gasteiger partial charge in [-0.1, -0.05) is 45.7 Å². The van der Waals surface area contributed by atoms with Gasteiger partial charge in [0.15, 0.2) is 13.2 Å². The molecular formula is C17H23N2+. The smallest absolute Gasteiger partial charge is 0.124 e.